The highest BCUT2D eigenvalue weighted by atomic mass is 15.3. The van der Waals surface area contributed by atoms with Gasteiger partial charge in [0.05, 0.1) is 0 Å². The minimum Gasteiger partial charge on any atom is -0.369 e. The summed E-state index contributed by atoms with van der Waals surface area (Å²) in [6.07, 6.45) is 2.37. The molecule has 0 saturated heterocycles. The van der Waals surface area contributed by atoms with Crippen LogP contribution in [0.2, 0.25) is 0 Å². The van der Waals surface area contributed by atoms with Crippen molar-refractivity contribution in [2.75, 3.05) is 37.4 Å². The molecule has 1 aromatic heterocycles. The molecule has 0 radical (unpaired) electrons. The Morgan fingerprint density at radius 1 is 1.39 bits per heavy atom. The molecule has 1 saturated carbocycles. The van der Waals surface area contributed by atoms with Crippen LogP contribution >= 0.6 is 0 Å². The lowest BCUT2D eigenvalue weighted by Gasteiger charge is -2.15. The fourth-order valence-corrected chi connectivity index (χ4v) is 1.69. The Labute approximate surface area is 108 Å². The molecule has 1 aromatic rings. The van der Waals surface area contributed by atoms with Gasteiger partial charge in [-0.1, -0.05) is 6.92 Å². The number of aromatic nitrogens is 2. The van der Waals surface area contributed by atoms with Crippen LogP contribution in [0.3, 0.4) is 0 Å². The summed E-state index contributed by atoms with van der Waals surface area (Å²) < 4.78 is 0. The van der Waals surface area contributed by atoms with E-state index in [1.807, 2.05) is 6.07 Å². The van der Waals surface area contributed by atoms with E-state index in [1.165, 1.54) is 12.8 Å². The van der Waals surface area contributed by atoms with Crippen LogP contribution in [0.5, 0.6) is 0 Å². The summed E-state index contributed by atoms with van der Waals surface area (Å²) in [6.45, 7) is 5.06. The molecule has 6 heteroatoms. The van der Waals surface area contributed by atoms with E-state index in [0.29, 0.717) is 11.7 Å². The van der Waals surface area contributed by atoms with Crippen LogP contribution in [0, 0.1) is 0 Å². The molecule has 1 heterocycles. The van der Waals surface area contributed by atoms with E-state index < -0.39 is 0 Å². The molecule has 6 nitrogen and oxygen atoms in total. The molecule has 0 aliphatic heterocycles. The Kier molecular flexibility index (Phi) is 4.33. The Bertz CT molecular complexity index is 390. The topological polar surface area (TPSA) is 79.1 Å². The van der Waals surface area contributed by atoms with Crippen molar-refractivity contribution in [3.8, 4) is 0 Å². The zero-order valence-corrected chi connectivity index (χ0v) is 11.1. The van der Waals surface area contributed by atoms with E-state index in [1.54, 1.807) is 0 Å². The highest BCUT2D eigenvalue weighted by molar-refractivity contribution is 5.47. The minimum atomic E-state index is 0.525. The van der Waals surface area contributed by atoms with Gasteiger partial charge >= 0.3 is 0 Å². The van der Waals surface area contributed by atoms with Gasteiger partial charge in [-0.05, 0) is 26.4 Å². The molecule has 0 bridgehead atoms. The van der Waals surface area contributed by atoms with Crippen LogP contribution in [0.15, 0.2) is 6.07 Å². The summed E-state index contributed by atoms with van der Waals surface area (Å²) in [5.74, 6) is 8.39. The Balaban J connectivity index is 1.96. The lowest BCUT2D eigenvalue weighted by molar-refractivity contribution is 0.367. The van der Waals surface area contributed by atoms with Crippen molar-refractivity contribution in [3.05, 3.63) is 11.9 Å². The number of nitrogen functional groups attached to an aromatic ring is 1. The van der Waals surface area contributed by atoms with Gasteiger partial charge < -0.3 is 15.6 Å². The van der Waals surface area contributed by atoms with Crippen LogP contribution in [-0.2, 0) is 0 Å². The summed E-state index contributed by atoms with van der Waals surface area (Å²) in [5, 5.41) is 3.32. The van der Waals surface area contributed by atoms with Gasteiger partial charge in [-0.2, -0.15) is 0 Å². The Morgan fingerprint density at radius 2 is 2.11 bits per heavy atom. The van der Waals surface area contributed by atoms with Crippen molar-refractivity contribution in [1.82, 2.24) is 14.9 Å². The largest absolute Gasteiger partial charge is 0.369 e. The molecule has 100 valence electrons. The maximum Gasteiger partial charge on any atom is 0.145 e. The molecule has 0 atom stereocenters. The Morgan fingerprint density at radius 3 is 2.72 bits per heavy atom. The first kappa shape index (κ1) is 13.0. The van der Waals surface area contributed by atoms with Crippen LogP contribution in [0.25, 0.3) is 0 Å². The molecule has 18 heavy (non-hydrogen) atoms. The summed E-state index contributed by atoms with van der Waals surface area (Å²) in [7, 11) is 2.10. The summed E-state index contributed by atoms with van der Waals surface area (Å²) in [4.78, 5) is 11.2. The number of hydrazine groups is 1. The molecule has 4 N–H and O–H groups in total. The number of anilines is 2. The maximum atomic E-state index is 5.43. The van der Waals surface area contributed by atoms with Gasteiger partial charge in [0.1, 0.15) is 17.5 Å². The fourth-order valence-electron chi connectivity index (χ4n) is 1.69. The highest BCUT2D eigenvalue weighted by Crippen LogP contribution is 2.38. The van der Waals surface area contributed by atoms with Crippen molar-refractivity contribution in [2.45, 2.75) is 25.7 Å². The zero-order valence-electron chi connectivity index (χ0n) is 11.1. The van der Waals surface area contributed by atoms with Gasteiger partial charge in [0.2, 0.25) is 0 Å². The van der Waals surface area contributed by atoms with Crippen molar-refractivity contribution < 1.29 is 0 Å². The Hall–Kier alpha value is -1.40. The predicted octanol–water partition coefficient (Wildman–Crippen LogP) is 1.00. The number of rotatable bonds is 7. The highest BCUT2D eigenvalue weighted by Gasteiger charge is 2.27. The molecular weight excluding hydrogens is 228 g/mol. The minimum absolute atomic E-state index is 0.525. The van der Waals surface area contributed by atoms with Crippen LogP contribution < -0.4 is 16.6 Å². The van der Waals surface area contributed by atoms with Gasteiger partial charge in [0, 0.05) is 25.1 Å². The summed E-state index contributed by atoms with van der Waals surface area (Å²) in [5.41, 5.74) is 2.60. The van der Waals surface area contributed by atoms with E-state index in [-0.39, 0.29) is 0 Å². The van der Waals surface area contributed by atoms with Gasteiger partial charge in [-0.15, -0.1) is 0 Å². The first-order valence-corrected chi connectivity index (χ1v) is 6.51. The summed E-state index contributed by atoms with van der Waals surface area (Å²) in [6, 6.07) is 1.85. The smallest absolute Gasteiger partial charge is 0.145 e. The lowest BCUT2D eigenvalue weighted by Crippen LogP contribution is -2.25. The molecule has 1 aliphatic rings. The second-order valence-corrected chi connectivity index (χ2v) is 4.74. The number of hydrogen-bond donors (Lipinski definition) is 3. The number of hydrogen-bond acceptors (Lipinski definition) is 6. The fraction of sp³-hybridized carbons (Fsp3) is 0.667. The van der Waals surface area contributed by atoms with Gasteiger partial charge in [-0.3, -0.25) is 0 Å². The number of nitrogens with zero attached hydrogens (tertiary/aromatic N) is 3. The van der Waals surface area contributed by atoms with E-state index in [2.05, 4.69) is 39.6 Å². The quantitative estimate of drug-likeness (QED) is 0.495. The standard InChI is InChI=1S/C12H22N6/c1-3-18(2)7-6-14-10-8-11(17-13)16-12(15-10)9-4-5-9/h8-9H,3-7,13H2,1-2H3,(H2,14,15,16,17). The van der Waals surface area contributed by atoms with Crippen LogP contribution in [-0.4, -0.2) is 41.5 Å². The number of likely N-dealkylation sites (N-methyl/N-ethyl adjacent to an activating group) is 1. The van der Waals surface area contributed by atoms with Crippen molar-refractivity contribution in [1.29, 1.82) is 0 Å². The predicted molar refractivity (Wildman–Crippen MR) is 73.5 cm³/mol. The SMILES string of the molecule is CCN(C)CCNc1cc(NN)nc(C2CC2)n1. The van der Waals surface area contributed by atoms with E-state index in [0.717, 1.165) is 31.3 Å². The monoisotopic (exact) mass is 250 g/mol. The number of nitrogens with two attached hydrogens (primary N) is 1. The third-order valence-corrected chi connectivity index (χ3v) is 3.17. The average molecular weight is 250 g/mol. The first-order valence-electron chi connectivity index (χ1n) is 6.51. The average Bonchev–Trinajstić information content (AvgIpc) is 3.22. The molecule has 1 aliphatic carbocycles. The molecule has 0 unspecified atom stereocenters. The lowest BCUT2D eigenvalue weighted by atomic mass is 10.3. The van der Waals surface area contributed by atoms with E-state index in [4.69, 9.17) is 5.84 Å². The van der Waals surface area contributed by atoms with E-state index >= 15 is 0 Å². The molecule has 0 amide bonds. The van der Waals surface area contributed by atoms with Crippen molar-refractivity contribution >= 4 is 11.6 Å². The van der Waals surface area contributed by atoms with Gasteiger partial charge in [0.15, 0.2) is 0 Å². The molecular formula is C12H22N6. The third-order valence-electron chi connectivity index (χ3n) is 3.17. The molecule has 2 rings (SSSR count). The second kappa shape index (κ2) is 5.97. The summed E-state index contributed by atoms with van der Waals surface area (Å²) >= 11 is 0. The van der Waals surface area contributed by atoms with Crippen LogP contribution in [0.4, 0.5) is 11.6 Å². The van der Waals surface area contributed by atoms with Crippen LogP contribution in [0.1, 0.15) is 31.5 Å². The molecule has 0 spiro atoms. The third kappa shape index (κ3) is 3.54. The van der Waals surface area contributed by atoms with Gasteiger partial charge in [0.25, 0.3) is 0 Å². The molecule has 0 aromatic carbocycles. The molecule has 1 fully saturated rings. The number of nitrogens with one attached hydrogen (secondary N) is 2. The second-order valence-electron chi connectivity index (χ2n) is 4.74. The van der Waals surface area contributed by atoms with Crippen molar-refractivity contribution in [2.24, 2.45) is 5.84 Å². The normalized spacial score (nSPS) is 14.9. The first-order chi connectivity index (χ1) is 8.72. The maximum absolute atomic E-state index is 5.43. The van der Waals surface area contributed by atoms with Crippen molar-refractivity contribution in [3.63, 3.8) is 0 Å². The zero-order chi connectivity index (χ0) is 13.0. The van der Waals surface area contributed by atoms with Gasteiger partial charge in [-0.25, -0.2) is 15.8 Å². The van der Waals surface area contributed by atoms with E-state index in [9.17, 15) is 0 Å².